The van der Waals surface area contributed by atoms with Crippen molar-refractivity contribution in [3.63, 3.8) is 0 Å². The highest BCUT2D eigenvalue weighted by atomic mass is 127. The highest BCUT2D eigenvalue weighted by Gasteiger charge is 2.40. The van der Waals surface area contributed by atoms with Crippen LogP contribution in [0.3, 0.4) is 0 Å². The summed E-state index contributed by atoms with van der Waals surface area (Å²) in [5, 5.41) is 3.16. The fourth-order valence-electron chi connectivity index (χ4n) is 2.84. The van der Waals surface area contributed by atoms with E-state index >= 15 is 0 Å². The molecule has 10 heteroatoms. The second kappa shape index (κ2) is 8.97. The first kappa shape index (κ1) is 24.0. The Bertz CT molecular complexity index is 763. The van der Waals surface area contributed by atoms with Crippen molar-refractivity contribution in [3.8, 4) is 0 Å². The molecule has 5 nitrogen and oxygen atoms in total. The van der Waals surface area contributed by atoms with Crippen LogP contribution in [0, 0.1) is 0 Å². The molecule has 154 valence electrons. The summed E-state index contributed by atoms with van der Waals surface area (Å²) in [5.41, 5.74) is 0.115. The van der Waals surface area contributed by atoms with Crippen LogP contribution in [-0.4, -0.2) is 56.5 Å². The maximum atomic E-state index is 12.6. The fourth-order valence-corrected chi connectivity index (χ4v) is 4.20. The zero-order valence-corrected chi connectivity index (χ0v) is 18.7. The van der Waals surface area contributed by atoms with Crippen LogP contribution in [0.5, 0.6) is 0 Å². The lowest BCUT2D eigenvalue weighted by Crippen LogP contribution is -2.57. The monoisotopic (exact) mass is 519 g/mol. The molecule has 0 unspecified atom stereocenters. The minimum Gasteiger partial charge on any atom is -0.356 e. The van der Waals surface area contributed by atoms with Gasteiger partial charge in [-0.1, -0.05) is 12.1 Å². The van der Waals surface area contributed by atoms with Crippen molar-refractivity contribution < 1.29 is 21.6 Å². The van der Waals surface area contributed by atoms with Crippen LogP contribution in [0.2, 0.25) is 0 Å². The standard InChI is InChI=1S/C17H24F3N3O2S.HI/c1-16(2)12-23(10-11-26(16,24)25)15(21-3)22-9-8-13-4-6-14(7-5-13)17(18,19)20;/h4-7H,8-12H2,1-3H3,(H,21,22);1H. The summed E-state index contributed by atoms with van der Waals surface area (Å²) in [6.07, 6.45) is -3.80. The van der Waals surface area contributed by atoms with E-state index in [0.29, 0.717) is 32.0 Å². The van der Waals surface area contributed by atoms with Gasteiger partial charge >= 0.3 is 6.18 Å². The molecule has 0 spiro atoms. The van der Waals surface area contributed by atoms with Crippen LogP contribution in [0.25, 0.3) is 0 Å². The first-order valence-corrected chi connectivity index (χ1v) is 9.95. The van der Waals surface area contributed by atoms with Gasteiger partial charge in [-0.25, -0.2) is 8.42 Å². The molecule has 0 aliphatic carbocycles. The summed E-state index contributed by atoms with van der Waals surface area (Å²) >= 11 is 0. The van der Waals surface area contributed by atoms with Gasteiger partial charge in [-0.3, -0.25) is 4.99 Å². The largest absolute Gasteiger partial charge is 0.416 e. The Kier molecular flexibility index (Phi) is 7.98. The second-order valence-electron chi connectivity index (χ2n) is 6.92. The molecule has 0 amide bonds. The molecule has 1 heterocycles. The minimum absolute atomic E-state index is 0. The Morgan fingerprint density at radius 2 is 1.85 bits per heavy atom. The van der Waals surface area contributed by atoms with Gasteiger partial charge in [0, 0.05) is 26.7 Å². The molecule has 2 rings (SSSR count). The average molecular weight is 519 g/mol. The van der Waals surface area contributed by atoms with Crippen LogP contribution in [-0.2, 0) is 22.4 Å². The van der Waals surface area contributed by atoms with Gasteiger partial charge in [0.25, 0.3) is 0 Å². The average Bonchev–Trinajstić information content (AvgIpc) is 2.54. The molecule has 1 aliphatic rings. The number of hydrogen-bond acceptors (Lipinski definition) is 3. The predicted octanol–water partition coefficient (Wildman–Crippen LogP) is 2.95. The van der Waals surface area contributed by atoms with E-state index < -0.39 is 26.3 Å². The number of aliphatic imine (C=N–C) groups is 1. The van der Waals surface area contributed by atoms with Crippen LogP contribution in [0.15, 0.2) is 29.3 Å². The highest BCUT2D eigenvalue weighted by molar-refractivity contribution is 14.0. The van der Waals surface area contributed by atoms with Gasteiger partial charge in [0.1, 0.15) is 0 Å². The lowest BCUT2D eigenvalue weighted by molar-refractivity contribution is -0.137. The van der Waals surface area contributed by atoms with Crippen molar-refractivity contribution in [1.82, 2.24) is 10.2 Å². The van der Waals surface area contributed by atoms with E-state index in [4.69, 9.17) is 0 Å². The van der Waals surface area contributed by atoms with Crippen LogP contribution in [0.4, 0.5) is 13.2 Å². The number of guanidine groups is 1. The molecule has 0 radical (unpaired) electrons. The third-order valence-electron chi connectivity index (χ3n) is 4.53. The van der Waals surface area contributed by atoms with Crippen LogP contribution < -0.4 is 5.32 Å². The maximum Gasteiger partial charge on any atom is 0.416 e. The molecular weight excluding hydrogens is 494 g/mol. The summed E-state index contributed by atoms with van der Waals surface area (Å²) < 4.78 is 61.0. The van der Waals surface area contributed by atoms with Gasteiger partial charge in [-0.05, 0) is 38.0 Å². The SMILES string of the molecule is CN=C(NCCc1ccc(C(F)(F)F)cc1)N1CCS(=O)(=O)C(C)(C)C1.I. The summed E-state index contributed by atoms with van der Waals surface area (Å²) in [7, 11) is -1.51. The molecule has 0 aromatic heterocycles. The fraction of sp³-hybridized carbons (Fsp3) is 0.588. The van der Waals surface area contributed by atoms with Crippen LogP contribution in [0.1, 0.15) is 25.0 Å². The van der Waals surface area contributed by atoms with E-state index in [-0.39, 0.29) is 29.7 Å². The van der Waals surface area contributed by atoms with Gasteiger partial charge < -0.3 is 10.2 Å². The molecule has 0 bridgehead atoms. The van der Waals surface area contributed by atoms with Gasteiger partial charge in [0.05, 0.1) is 16.1 Å². The molecule has 1 aromatic rings. The van der Waals surface area contributed by atoms with E-state index in [1.165, 1.54) is 12.1 Å². The summed E-state index contributed by atoms with van der Waals surface area (Å²) in [6, 6.07) is 5.07. The Morgan fingerprint density at radius 1 is 1.26 bits per heavy atom. The third-order valence-corrected chi connectivity index (χ3v) is 7.07. The van der Waals surface area contributed by atoms with Crippen molar-refractivity contribution >= 4 is 39.8 Å². The summed E-state index contributed by atoms with van der Waals surface area (Å²) in [5.74, 6) is 0.666. The molecule has 1 fully saturated rings. The number of nitrogens with zero attached hydrogens (tertiary/aromatic N) is 2. The first-order chi connectivity index (χ1) is 12.0. The Labute approximate surface area is 175 Å². The minimum atomic E-state index is -4.33. The molecule has 1 N–H and O–H groups in total. The number of alkyl halides is 3. The van der Waals surface area contributed by atoms with E-state index in [9.17, 15) is 21.6 Å². The van der Waals surface area contributed by atoms with E-state index in [1.54, 1.807) is 20.9 Å². The summed E-state index contributed by atoms with van der Waals surface area (Å²) in [6.45, 7) is 4.59. The first-order valence-electron chi connectivity index (χ1n) is 8.30. The lowest BCUT2D eigenvalue weighted by atomic mass is 10.1. The van der Waals surface area contributed by atoms with E-state index in [2.05, 4.69) is 10.3 Å². The van der Waals surface area contributed by atoms with Crippen molar-refractivity contribution in [3.05, 3.63) is 35.4 Å². The van der Waals surface area contributed by atoms with Crippen molar-refractivity contribution in [1.29, 1.82) is 0 Å². The zero-order valence-electron chi connectivity index (χ0n) is 15.5. The lowest BCUT2D eigenvalue weighted by Gasteiger charge is -2.39. The normalized spacial score (nSPS) is 19.3. The molecule has 27 heavy (non-hydrogen) atoms. The number of rotatable bonds is 3. The van der Waals surface area contributed by atoms with Crippen LogP contribution >= 0.6 is 24.0 Å². The molecule has 1 saturated heterocycles. The van der Waals surface area contributed by atoms with Gasteiger partial charge in [-0.2, -0.15) is 13.2 Å². The smallest absolute Gasteiger partial charge is 0.356 e. The van der Waals surface area contributed by atoms with Gasteiger partial charge in [0.15, 0.2) is 15.8 Å². The number of sulfone groups is 1. The van der Waals surface area contributed by atoms with Crippen molar-refractivity contribution in [2.45, 2.75) is 31.2 Å². The molecule has 0 atom stereocenters. The van der Waals surface area contributed by atoms with Crippen molar-refractivity contribution in [2.75, 3.05) is 32.4 Å². The molecule has 1 aromatic carbocycles. The Balaban J connectivity index is 0.00000364. The second-order valence-corrected chi connectivity index (χ2v) is 9.66. The molecule has 1 aliphatic heterocycles. The number of halogens is 4. The topological polar surface area (TPSA) is 61.8 Å². The third kappa shape index (κ3) is 5.97. The number of hydrogen-bond donors (Lipinski definition) is 1. The Morgan fingerprint density at radius 3 is 2.33 bits per heavy atom. The highest BCUT2D eigenvalue weighted by Crippen LogP contribution is 2.29. The summed E-state index contributed by atoms with van der Waals surface area (Å²) in [4.78, 5) is 6.09. The molecule has 0 saturated carbocycles. The predicted molar refractivity (Wildman–Crippen MR) is 111 cm³/mol. The van der Waals surface area contributed by atoms with Gasteiger partial charge in [-0.15, -0.1) is 24.0 Å². The molecular formula is C17H25F3IN3O2S. The number of nitrogens with one attached hydrogen (secondary N) is 1. The van der Waals surface area contributed by atoms with E-state index in [1.807, 2.05) is 4.90 Å². The van der Waals surface area contributed by atoms with Gasteiger partial charge in [0.2, 0.25) is 0 Å². The number of benzene rings is 1. The quantitative estimate of drug-likeness (QED) is 0.379. The zero-order chi connectivity index (χ0) is 19.6. The van der Waals surface area contributed by atoms with Crippen molar-refractivity contribution in [2.24, 2.45) is 4.99 Å². The van der Waals surface area contributed by atoms with E-state index in [0.717, 1.165) is 17.7 Å². The Hall–Kier alpha value is -1.04. The maximum absolute atomic E-state index is 12.6.